The van der Waals surface area contributed by atoms with E-state index in [1.807, 2.05) is 6.92 Å². The first-order valence-corrected chi connectivity index (χ1v) is 2.77. The van der Waals surface area contributed by atoms with Crippen molar-refractivity contribution in [2.24, 2.45) is 0 Å². The summed E-state index contributed by atoms with van der Waals surface area (Å²) in [6.07, 6.45) is 2.84. The minimum atomic E-state index is 0.553. The van der Waals surface area contributed by atoms with Crippen molar-refractivity contribution in [1.82, 2.24) is 5.16 Å². The van der Waals surface area contributed by atoms with Crippen molar-refractivity contribution >= 4 is 6.29 Å². The molecule has 0 aliphatic carbocycles. The molecule has 0 bridgehead atoms. The SMILES string of the molecule is CCc1nocc1C=O. The number of aryl methyl sites for hydroxylation is 1. The summed E-state index contributed by atoms with van der Waals surface area (Å²) in [7, 11) is 0. The average Bonchev–Trinajstić information content (AvgIpc) is 2.33. The largest absolute Gasteiger partial charge is 0.364 e. The number of aromatic nitrogens is 1. The standard InChI is InChI=1S/C6H7NO2/c1-2-6-5(3-8)4-9-7-6/h3-4H,2H2,1H3. The van der Waals surface area contributed by atoms with Gasteiger partial charge in [-0.05, 0) is 6.42 Å². The van der Waals surface area contributed by atoms with Crippen molar-refractivity contribution in [2.75, 3.05) is 0 Å². The van der Waals surface area contributed by atoms with Gasteiger partial charge in [-0.1, -0.05) is 12.1 Å². The lowest BCUT2D eigenvalue weighted by Gasteiger charge is -1.82. The van der Waals surface area contributed by atoms with Gasteiger partial charge in [0.2, 0.25) is 0 Å². The molecule has 0 amide bonds. The molecule has 0 unspecified atom stereocenters. The van der Waals surface area contributed by atoms with E-state index in [0.717, 1.165) is 18.4 Å². The number of carbonyl (C=O) groups is 1. The molecule has 1 aromatic rings. The number of hydrogen-bond donors (Lipinski definition) is 0. The third-order valence-electron chi connectivity index (χ3n) is 1.14. The van der Waals surface area contributed by atoms with Crippen molar-refractivity contribution < 1.29 is 9.32 Å². The van der Waals surface area contributed by atoms with Gasteiger partial charge >= 0.3 is 0 Å². The van der Waals surface area contributed by atoms with Crippen LogP contribution in [0, 0.1) is 0 Å². The van der Waals surface area contributed by atoms with Crippen LogP contribution in [-0.2, 0) is 6.42 Å². The Balaban J connectivity index is 2.98. The molecule has 1 rings (SSSR count). The first-order valence-electron chi connectivity index (χ1n) is 2.77. The van der Waals surface area contributed by atoms with Crippen LogP contribution in [0.5, 0.6) is 0 Å². The number of rotatable bonds is 2. The van der Waals surface area contributed by atoms with Crippen molar-refractivity contribution in [1.29, 1.82) is 0 Å². The van der Waals surface area contributed by atoms with Crippen LogP contribution >= 0.6 is 0 Å². The number of hydrogen-bond acceptors (Lipinski definition) is 3. The zero-order valence-electron chi connectivity index (χ0n) is 5.13. The quantitative estimate of drug-likeness (QED) is 0.555. The number of aldehydes is 1. The van der Waals surface area contributed by atoms with Gasteiger partial charge in [0, 0.05) is 0 Å². The molecule has 0 atom stereocenters. The molecule has 0 radical (unpaired) electrons. The first kappa shape index (κ1) is 6.01. The Hall–Kier alpha value is -1.12. The van der Waals surface area contributed by atoms with Crippen LogP contribution in [0.3, 0.4) is 0 Å². The second-order valence-corrected chi connectivity index (χ2v) is 1.69. The number of nitrogens with zero attached hydrogens (tertiary/aromatic N) is 1. The Bertz CT molecular complexity index is 205. The van der Waals surface area contributed by atoms with E-state index in [9.17, 15) is 4.79 Å². The maximum Gasteiger partial charge on any atom is 0.155 e. The lowest BCUT2D eigenvalue weighted by Crippen LogP contribution is -1.84. The molecular formula is C6H7NO2. The summed E-state index contributed by atoms with van der Waals surface area (Å²) < 4.78 is 4.55. The highest BCUT2D eigenvalue weighted by Gasteiger charge is 2.01. The Kier molecular flexibility index (Phi) is 1.63. The highest BCUT2D eigenvalue weighted by atomic mass is 16.5. The summed E-state index contributed by atoms with van der Waals surface area (Å²) >= 11 is 0. The van der Waals surface area contributed by atoms with Crippen LogP contribution < -0.4 is 0 Å². The third-order valence-corrected chi connectivity index (χ3v) is 1.14. The molecule has 0 aliphatic heterocycles. The van der Waals surface area contributed by atoms with Gasteiger partial charge in [0.15, 0.2) is 6.29 Å². The molecule has 3 nitrogen and oxygen atoms in total. The van der Waals surface area contributed by atoms with E-state index < -0.39 is 0 Å². The lowest BCUT2D eigenvalue weighted by molar-refractivity contribution is 0.112. The van der Waals surface area contributed by atoms with Gasteiger partial charge in [-0.2, -0.15) is 0 Å². The van der Waals surface area contributed by atoms with Gasteiger partial charge in [-0.25, -0.2) is 0 Å². The summed E-state index contributed by atoms with van der Waals surface area (Å²) in [6.45, 7) is 1.92. The first-order chi connectivity index (χ1) is 4.38. The van der Waals surface area contributed by atoms with Gasteiger partial charge in [-0.3, -0.25) is 4.79 Å². The van der Waals surface area contributed by atoms with Crippen LogP contribution in [0.25, 0.3) is 0 Å². The van der Waals surface area contributed by atoms with Crippen LogP contribution in [0.1, 0.15) is 23.0 Å². The summed E-state index contributed by atoms with van der Waals surface area (Å²) in [4.78, 5) is 10.1. The lowest BCUT2D eigenvalue weighted by atomic mass is 10.2. The predicted molar refractivity (Wildman–Crippen MR) is 31.3 cm³/mol. The van der Waals surface area contributed by atoms with Crippen LogP contribution in [-0.4, -0.2) is 11.4 Å². The molecule has 3 heteroatoms. The molecule has 0 aromatic carbocycles. The minimum Gasteiger partial charge on any atom is -0.364 e. The maximum absolute atomic E-state index is 10.1. The smallest absolute Gasteiger partial charge is 0.155 e. The van der Waals surface area contributed by atoms with Gasteiger partial charge in [0.05, 0.1) is 11.3 Å². The van der Waals surface area contributed by atoms with Gasteiger partial charge in [-0.15, -0.1) is 0 Å². The Morgan fingerprint density at radius 3 is 3.11 bits per heavy atom. The van der Waals surface area contributed by atoms with Gasteiger partial charge < -0.3 is 4.52 Å². The topological polar surface area (TPSA) is 43.1 Å². The zero-order chi connectivity index (χ0) is 6.69. The van der Waals surface area contributed by atoms with E-state index >= 15 is 0 Å². The molecule has 9 heavy (non-hydrogen) atoms. The van der Waals surface area contributed by atoms with E-state index in [0.29, 0.717) is 5.56 Å². The maximum atomic E-state index is 10.1. The fraction of sp³-hybridized carbons (Fsp3) is 0.333. The molecule has 1 aromatic heterocycles. The minimum absolute atomic E-state index is 0.553. The van der Waals surface area contributed by atoms with Crippen molar-refractivity contribution in [3.8, 4) is 0 Å². The molecule has 0 saturated heterocycles. The highest BCUT2D eigenvalue weighted by Crippen LogP contribution is 2.02. The Morgan fingerprint density at radius 2 is 2.67 bits per heavy atom. The Morgan fingerprint density at radius 1 is 1.89 bits per heavy atom. The third kappa shape index (κ3) is 0.988. The molecule has 0 saturated carbocycles. The van der Waals surface area contributed by atoms with Gasteiger partial charge in [0.1, 0.15) is 6.26 Å². The van der Waals surface area contributed by atoms with Crippen molar-refractivity contribution in [3.05, 3.63) is 17.5 Å². The molecule has 0 fully saturated rings. The second kappa shape index (κ2) is 2.44. The van der Waals surface area contributed by atoms with E-state index in [-0.39, 0.29) is 0 Å². The molecule has 0 N–H and O–H groups in total. The van der Waals surface area contributed by atoms with E-state index in [2.05, 4.69) is 9.68 Å². The fourth-order valence-electron chi connectivity index (χ4n) is 0.632. The van der Waals surface area contributed by atoms with Crippen LogP contribution in [0.2, 0.25) is 0 Å². The van der Waals surface area contributed by atoms with E-state index in [4.69, 9.17) is 0 Å². The summed E-state index contributed by atoms with van der Waals surface area (Å²) in [5.41, 5.74) is 1.28. The molecule has 1 heterocycles. The van der Waals surface area contributed by atoms with Gasteiger partial charge in [0.25, 0.3) is 0 Å². The fourth-order valence-corrected chi connectivity index (χ4v) is 0.632. The highest BCUT2D eigenvalue weighted by molar-refractivity contribution is 5.75. The summed E-state index contributed by atoms with van der Waals surface area (Å²) in [6, 6.07) is 0. The van der Waals surface area contributed by atoms with Crippen molar-refractivity contribution in [3.63, 3.8) is 0 Å². The van der Waals surface area contributed by atoms with E-state index in [1.165, 1.54) is 6.26 Å². The summed E-state index contributed by atoms with van der Waals surface area (Å²) in [5, 5.41) is 3.60. The van der Waals surface area contributed by atoms with Crippen LogP contribution in [0.15, 0.2) is 10.8 Å². The molecule has 0 aliphatic rings. The Labute approximate surface area is 52.7 Å². The molecule has 48 valence electrons. The number of carbonyl (C=O) groups excluding carboxylic acids is 1. The predicted octanol–water partition coefficient (Wildman–Crippen LogP) is 1.05. The van der Waals surface area contributed by atoms with Crippen molar-refractivity contribution in [2.45, 2.75) is 13.3 Å². The zero-order valence-corrected chi connectivity index (χ0v) is 5.13. The summed E-state index contributed by atoms with van der Waals surface area (Å²) in [5.74, 6) is 0. The van der Waals surface area contributed by atoms with E-state index in [1.54, 1.807) is 0 Å². The van der Waals surface area contributed by atoms with Crippen LogP contribution in [0.4, 0.5) is 0 Å². The second-order valence-electron chi connectivity index (χ2n) is 1.69. The normalized spacial score (nSPS) is 9.44. The molecular weight excluding hydrogens is 118 g/mol. The molecule has 0 spiro atoms. The average molecular weight is 125 g/mol. The monoisotopic (exact) mass is 125 g/mol.